The van der Waals surface area contributed by atoms with E-state index in [9.17, 15) is 0 Å². The van der Waals surface area contributed by atoms with E-state index in [1.54, 1.807) is 0 Å². The molecule has 2 aromatic rings. The largest absolute Gasteiger partial charge is 0.338 e. The Labute approximate surface area is 94.6 Å². The van der Waals surface area contributed by atoms with Gasteiger partial charge in [0.05, 0.1) is 6.54 Å². The first kappa shape index (κ1) is 9.60. The van der Waals surface area contributed by atoms with Crippen LogP contribution in [0.4, 0.5) is 0 Å². The second-order valence-electron chi connectivity index (χ2n) is 2.73. The molecule has 0 aliphatic heterocycles. The van der Waals surface area contributed by atoms with Crippen molar-refractivity contribution in [2.24, 2.45) is 5.73 Å². The average Bonchev–Trinajstić information content (AvgIpc) is 2.66. The molecule has 0 saturated heterocycles. The zero-order valence-electron chi connectivity index (χ0n) is 7.27. The molecule has 0 fully saturated rings. The van der Waals surface area contributed by atoms with Crippen LogP contribution in [0.15, 0.2) is 28.8 Å². The molecule has 0 spiro atoms. The summed E-state index contributed by atoms with van der Waals surface area (Å²) in [6.07, 6.45) is 0. The summed E-state index contributed by atoms with van der Waals surface area (Å²) in [6, 6.07) is 7.89. The molecule has 0 bridgehead atoms. The minimum atomic E-state index is 0.275. The highest BCUT2D eigenvalue weighted by atomic mass is 127. The van der Waals surface area contributed by atoms with Gasteiger partial charge in [0.15, 0.2) is 0 Å². The number of hydrogen-bond donors (Lipinski definition) is 1. The molecule has 14 heavy (non-hydrogen) atoms. The number of aromatic nitrogens is 2. The monoisotopic (exact) mass is 301 g/mol. The molecule has 0 unspecified atom stereocenters. The quantitative estimate of drug-likeness (QED) is 0.859. The molecule has 1 heterocycles. The van der Waals surface area contributed by atoms with Gasteiger partial charge in [-0.2, -0.15) is 4.98 Å². The number of halogens is 1. The lowest BCUT2D eigenvalue weighted by Gasteiger charge is -1.93. The van der Waals surface area contributed by atoms with E-state index in [0.717, 1.165) is 9.13 Å². The summed E-state index contributed by atoms with van der Waals surface area (Å²) in [7, 11) is 0. The summed E-state index contributed by atoms with van der Waals surface area (Å²) < 4.78 is 6.06. The number of nitrogens with two attached hydrogens (primary N) is 1. The highest BCUT2D eigenvalue weighted by Gasteiger charge is 2.06. The van der Waals surface area contributed by atoms with Gasteiger partial charge in [-0.3, -0.25) is 0 Å². The fourth-order valence-electron chi connectivity index (χ4n) is 1.08. The summed E-state index contributed by atoms with van der Waals surface area (Å²) in [5.74, 6) is 1.04. The van der Waals surface area contributed by atoms with Crippen molar-refractivity contribution in [3.05, 3.63) is 33.7 Å². The first-order valence-electron chi connectivity index (χ1n) is 4.08. The van der Waals surface area contributed by atoms with Gasteiger partial charge in [-0.1, -0.05) is 17.3 Å². The van der Waals surface area contributed by atoms with Crippen LogP contribution < -0.4 is 5.73 Å². The highest BCUT2D eigenvalue weighted by Crippen LogP contribution is 2.17. The smallest absolute Gasteiger partial charge is 0.240 e. The first-order chi connectivity index (χ1) is 6.79. The van der Waals surface area contributed by atoms with Crippen LogP contribution in [0.25, 0.3) is 11.4 Å². The van der Waals surface area contributed by atoms with Gasteiger partial charge in [-0.25, -0.2) is 0 Å². The second-order valence-corrected chi connectivity index (χ2v) is 3.97. The highest BCUT2D eigenvalue weighted by molar-refractivity contribution is 14.1. The Morgan fingerprint density at radius 3 is 2.93 bits per heavy atom. The van der Waals surface area contributed by atoms with Crippen molar-refractivity contribution in [1.82, 2.24) is 10.1 Å². The van der Waals surface area contributed by atoms with Gasteiger partial charge in [0.25, 0.3) is 0 Å². The standard InChI is InChI=1S/C9H8IN3O/c10-7-3-1-2-6(4-7)9-12-8(5-11)14-13-9/h1-4H,5,11H2. The Morgan fingerprint density at radius 2 is 2.29 bits per heavy atom. The summed E-state index contributed by atoms with van der Waals surface area (Å²) in [4.78, 5) is 4.13. The van der Waals surface area contributed by atoms with E-state index in [1.165, 1.54) is 0 Å². The van der Waals surface area contributed by atoms with E-state index in [2.05, 4.69) is 32.7 Å². The Hall–Kier alpha value is -0.950. The Bertz CT molecular complexity index is 441. The summed E-state index contributed by atoms with van der Waals surface area (Å²) >= 11 is 2.24. The molecule has 1 aromatic carbocycles. The van der Waals surface area contributed by atoms with Gasteiger partial charge in [-0.15, -0.1) is 0 Å². The molecule has 0 amide bonds. The van der Waals surface area contributed by atoms with Gasteiger partial charge >= 0.3 is 0 Å². The summed E-state index contributed by atoms with van der Waals surface area (Å²) in [5.41, 5.74) is 6.32. The van der Waals surface area contributed by atoms with Crippen molar-refractivity contribution in [3.63, 3.8) is 0 Å². The third-order valence-corrected chi connectivity index (χ3v) is 2.40. The van der Waals surface area contributed by atoms with E-state index < -0.39 is 0 Å². The Morgan fingerprint density at radius 1 is 1.43 bits per heavy atom. The van der Waals surface area contributed by atoms with Gasteiger partial charge in [-0.05, 0) is 34.7 Å². The molecule has 0 radical (unpaired) electrons. The zero-order valence-corrected chi connectivity index (χ0v) is 9.43. The lowest BCUT2D eigenvalue weighted by atomic mass is 10.2. The first-order valence-corrected chi connectivity index (χ1v) is 5.16. The van der Waals surface area contributed by atoms with E-state index in [0.29, 0.717) is 11.7 Å². The topological polar surface area (TPSA) is 64.9 Å². The van der Waals surface area contributed by atoms with Crippen LogP contribution in [0.3, 0.4) is 0 Å². The molecule has 5 heteroatoms. The molecule has 4 nitrogen and oxygen atoms in total. The third-order valence-electron chi connectivity index (χ3n) is 1.73. The van der Waals surface area contributed by atoms with Crippen LogP contribution >= 0.6 is 22.6 Å². The minimum absolute atomic E-state index is 0.275. The predicted molar refractivity (Wildman–Crippen MR) is 60.3 cm³/mol. The zero-order chi connectivity index (χ0) is 9.97. The van der Waals surface area contributed by atoms with Gasteiger partial charge in [0.1, 0.15) is 0 Å². The average molecular weight is 301 g/mol. The number of hydrogen-bond acceptors (Lipinski definition) is 4. The number of rotatable bonds is 2. The molecule has 72 valence electrons. The van der Waals surface area contributed by atoms with Crippen LogP contribution in [0.5, 0.6) is 0 Å². The Kier molecular flexibility index (Phi) is 2.78. The normalized spacial score (nSPS) is 10.4. The van der Waals surface area contributed by atoms with Crippen LogP contribution in [-0.4, -0.2) is 10.1 Å². The second kappa shape index (κ2) is 4.05. The minimum Gasteiger partial charge on any atom is -0.338 e. The molecule has 0 aliphatic carbocycles. The predicted octanol–water partition coefficient (Wildman–Crippen LogP) is 1.80. The maximum absolute atomic E-state index is 5.37. The lowest BCUT2D eigenvalue weighted by Crippen LogP contribution is -1.95. The van der Waals surface area contributed by atoms with E-state index in [4.69, 9.17) is 10.3 Å². The van der Waals surface area contributed by atoms with Crippen molar-refractivity contribution in [2.75, 3.05) is 0 Å². The van der Waals surface area contributed by atoms with Crippen LogP contribution in [0.1, 0.15) is 5.89 Å². The van der Waals surface area contributed by atoms with Crippen LogP contribution in [0, 0.1) is 3.57 Å². The van der Waals surface area contributed by atoms with Crippen LogP contribution in [-0.2, 0) is 6.54 Å². The molecule has 2 rings (SSSR count). The molecular weight excluding hydrogens is 293 g/mol. The SMILES string of the molecule is NCc1nc(-c2cccc(I)c2)no1. The summed E-state index contributed by atoms with van der Waals surface area (Å²) in [5, 5.41) is 3.83. The fourth-order valence-corrected chi connectivity index (χ4v) is 1.63. The number of nitrogens with zero attached hydrogens (tertiary/aromatic N) is 2. The lowest BCUT2D eigenvalue weighted by molar-refractivity contribution is 0.380. The molecule has 0 atom stereocenters. The molecular formula is C9H8IN3O. The van der Waals surface area contributed by atoms with Gasteiger partial charge in [0, 0.05) is 9.13 Å². The van der Waals surface area contributed by atoms with Gasteiger partial charge < -0.3 is 10.3 Å². The number of benzene rings is 1. The molecule has 0 aliphatic rings. The van der Waals surface area contributed by atoms with E-state index in [1.807, 2.05) is 24.3 Å². The van der Waals surface area contributed by atoms with Gasteiger partial charge in [0.2, 0.25) is 11.7 Å². The van der Waals surface area contributed by atoms with Crippen molar-refractivity contribution < 1.29 is 4.52 Å². The maximum Gasteiger partial charge on any atom is 0.240 e. The molecule has 2 N–H and O–H groups in total. The third kappa shape index (κ3) is 1.93. The van der Waals surface area contributed by atoms with E-state index in [-0.39, 0.29) is 6.54 Å². The van der Waals surface area contributed by atoms with Crippen LogP contribution in [0.2, 0.25) is 0 Å². The maximum atomic E-state index is 5.37. The van der Waals surface area contributed by atoms with Crippen molar-refractivity contribution in [1.29, 1.82) is 0 Å². The van der Waals surface area contributed by atoms with E-state index >= 15 is 0 Å². The van der Waals surface area contributed by atoms with Crippen molar-refractivity contribution in [3.8, 4) is 11.4 Å². The molecule has 0 saturated carbocycles. The molecule has 1 aromatic heterocycles. The van der Waals surface area contributed by atoms with Crippen molar-refractivity contribution in [2.45, 2.75) is 6.54 Å². The summed E-state index contributed by atoms with van der Waals surface area (Å²) in [6.45, 7) is 0.275. The fraction of sp³-hybridized carbons (Fsp3) is 0.111. The Balaban J connectivity index is 2.39. The van der Waals surface area contributed by atoms with Crippen molar-refractivity contribution >= 4 is 22.6 Å².